The molecule has 0 radical (unpaired) electrons. The van der Waals surface area contributed by atoms with Gasteiger partial charge in [-0.2, -0.15) is 0 Å². The van der Waals surface area contributed by atoms with Gasteiger partial charge in [0.15, 0.2) is 5.79 Å². The van der Waals surface area contributed by atoms with Crippen molar-refractivity contribution in [3.05, 3.63) is 35.9 Å². The van der Waals surface area contributed by atoms with E-state index < -0.39 is 36.2 Å². The summed E-state index contributed by atoms with van der Waals surface area (Å²) in [7, 11) is 0. The molecule has 0 aromatic heterocycles. The zero-order valence-corrected chi connectivity index (χ0v) is 12.7. The molecule has 6 nitrogen and oxygen atoms in total. The van der Waals surface area contributed by atoms with Crippen molar-refractivity contribution in [1.29, 1.82) is 0 Å². The third kappa shape index (κ3) is 2.82. The first-order chi connectivity index (χ1) is 10.4. The van der Waals surface area contributed by atoms with Gasteiger partial charge < -0.3 is 19.7 Å². The van der Waals surface area contributed by atoms with Crippen LogP contribution in [-0.4, -0.2) is 51.3 Å². The lowest BCUT2D eigenvalue weighted by Crippen LogP contribution is -2.45. The van der Waals surface area contributed by atoms with E-state index in [4.69, 9.17) is 9.47 Å². The highest BCUT2D eigenvalue weighted by Gasteiger charge is 2.55. The zero-order chi connectivity index (χ0) is 15.9. The average Bonchev–Trinajstić information content (AvgIpc) is 2.92. The highest BCUT2D eigenvalue weighted by Crippen LogP contribution is 2.40. The summed E-state index contributed by atoms with van der Waals surface area (Å²) in [4.78, 5) is 13.0. The Balaban J connectivity index is 1.82. The standard InChI is InChI=1S/C16H21NO5/c1-16(2)21-13-11(8-12(18)14(13)22-16)17(15(19)20)9-10-6-4-3-5-7-10/h3-7,11-14,18H,8-9H2,1-2H3,(H,19,20)/t11-,12+,13+,14-/m1/s1. The molecule has 2 aliphatic rings. The Morgan fingerprint density at radius 1 is 1.27 bits per heavy atom. The molecule has 22 heavy (non-hydrogen) atoms. The predicted octanol–water partition coefficient (Wildman–Crippen LogP) is 1.82. The quantitative estimate of drug-likeness (QED) is 0.890. The number of fused-ring (bicyclic) bond motifs is 1. The molecule has 1 aliphatic carbocycles. The van der Waals surface area contributed by atoms with Gasteiger partial charge >= 0.3 is 6.09 Å². The largest absolute Gasteiger partial charge is 0.465 e. The lowest BCUT2D eigenvalue weighted by Gasteiger charge is -2.30. The van der Waals surface area contributed by atoms with E-state index in [1.807, 2.05) is 30.3 Å². The number of benzene rings is 1. The molecule has 0 spiro atoms. The van der Waals surface area contributed by atoms with E-state index in [9.17, 15) is 15.0 Å². The summed E-state index contributed by atoms with van der Waals surface area (Å²) < 4.78 is 11.5. The molecule has 1 saturated carbocycles. The lowest BCUT2D eigenvalue weighted by atomic mass is 10.1. The van der Waals surface area contributed by atoms with Crippen LogP contribution in [0.15, 0.2) is 30.3 Å². The van der Waals surface area contributed by atoms with Crippen molar-refractivity contribution >= 4 is 6.09 Å². The van der Waals surface area contributed by atoms with Crippen LogP contribution in [0.2, 0.25) is 0 Å². The Labute approximate surface area is 129 Å². The summed E-state index contributed by atoms with van der Waals surface area (Å²) in [5.74, 6) is -0.800. The fourth-order valence-electron chi connectivity index (χ4n) is 3.34. The fraction of sp³-hybridized carbons (Fsp3) is 0.562. The van der Waals surface area contributed by atoms with Gasteiger partial charge in [-0.3, -0.25) is 4.90 Å². The Hall–Kier alpha value is -1.63. The molecule has 1 aromatic rings. The van der Waals surface area contributed by atoms with E-state index in [1.165, 1.54) is 4.90 Å². The maximum Gasteiger partial charge on any atom is 0.407 e. The van der Waals surface area contributed by atoms with Crippen molar-refractivity contribution in [1.82, 2.24) is 4.90 Å². The van der Waals surface area contributed by atoms with E-state index >= 15 is 0 Å². The molecule has 0 unspecified atom stereocenters. The van der Waals surface area contributed by atoms with E-state index in [1.54, 1.807) is 13.8 Å². The summed E-state index contributed by atoms with van der Waals surface area (Å²) in [6.45, 7) is 3.81. The lowest BCUT2D eigenvalue weighted by molar-refractivity contribution is -0.167. The number of nitrogens with zero attached hydrogens (tertiary/aromatic N) is 1. The van der Waals surface area contributed by atoms with Crippen LogP contribution in [0.5, 0.6) is 0 Å². The SMILES string of the molecule is CC1(C)O[C@@H]2[C@H](O1)[C@@H](O)C[C@H]2N(Cc1ccccc1)C(=O)O. The van der Waals surface area contributed by atoms with Gasteiger partial charge in [0.2, 0.25) is 0 Å². The molecule has 2 fully saturated rings. The normalized spacial score (nSPS) is 32.7. The third-order valence-corrected chi connectivity index (χ3v) is 4.25. The van der Waals surface area contributed by atoms with Crippen molar-refractivity contribution in [2.75, 3.05) is 0 Å². The molecule has 6 heteroatoms. The highest BCUT2D eigenvalue weighted by atomic mass is 16.8. The number of aliphatic hydroxyl groups excluding tert-OH is 1. The number of hydrogen-bond donors (Lipinski definition) is 2. The first-order valence-corrected chi connectivity index (χ1v) is 7.44. The number of amides is 1. The predicted molar refractivity (Wildman–Crippen MR) is 78.2 cm³/mol. The van der Waals surface area contributed by atoms with Gasteiger partial charge in [0.05, 0.1) is 12.1 Å². The van der Waals surface area contributed by atoms with Crippen LogP contribution in [-0.2, 0) is 16.0 Å². The number of carbonyl (C=O) groups is 1. The van der Waals surface area contributed by atoms with Crippen molar-refractivity contribution in [2.45, 2.75) is 57.0 Å². The minimum absolute atomic E-state index is 0.264. The molecule has 1 saturated heterocycles. The van der Waals surface area contributed by atoms with Crippen molar-refractivity contribution in [2.24, 2.45) is 0 Å². The topological polar surface area (TPSA) is 79.2 Å². The monoisotopic (exact) mass is 307 g/mol. The molecular formula is C16H21NO5. The van der Waals surface area contributed by atoms with Gasteiger partial charge in [-0.1, -0.05) is 30.3 Å². The van der Waals surface area contributed by atoms with Crippen LogP contribution >= 0.6 is 0 Å². The van der Waals surface area contributed by atoms with E-state index in [0.717, 1.165) is 5.56 Å². The summed E-state index contributed by atoms with van der Waals surface area (Å²) >= 11 is 0. The zero-order valence-electron chi connectivity index (χ0n) is 12.7. The minimum atomic E-state index is -1.02. The van der Waals surface area contributed by atoms with Gasteiger partial charge in [-0.25, -0.2) is 4.79 Å². The first-order valence-electron chi connectivity index (χ1n) is 7.44. The van der Waals surface area contributed by atoms with Gasteiger partial charge in [0.25, 0.3) is 0 Å². The minimum Gasteiger partial charge on any atom is -0.465 e. The number of aliphatic hydroxyl groups is 1. The van der Waals surface area contributed by atoms with Gasteiger partial charge in [0, 0.05) is 6.54 Å². The highest BCUT2D eigenvalue weighted by molar-refractivity contribution is 5.65. The number of ether oxygens (including phenoxy) is 2. The summed E-state index contributed by atoms with van der Waals surface area (Å²) in [5, 5.41) is 19.8. The van der Waals surface area contributed by atoms with Crippen LogP contribution in [0.3, 0.4) is 0 Å². The molecular weight excluding hydrogens is 286 g/mol. The molecule has 4 atom stereocenters. The van der Waals surface area contributed by atoms with Crippen LogP contribution in [0, 0.1) is 0 Å². The number of rotatable bonds is 3. The maximum atomic E-state index is 11.7. The summed E-state index contributed by atoms with van der Waals surface area (Å²) in [6, 6.07) is 8.99. The second-order valence-electron chi connectivity index (χ2n) is 6.33. The second kappa shape index (κ2) is 5.53. The molecule has 1 aliphatic heterocycles. The first kappa shape index (κ1) is 15.3. The fourth-order valence-corrected chi connectivity index (χ4v) is 3.34. The van der Waals surface area contributed by atoms with Crippen molar-refractivity contribution in [3.63, 3.8) is 0 Å². The Morgan fingerprint density at radius 2 is 1.91 bits per heavy atom. The van der Waals surface area contributed by atoms with Gasteiger partial charge in [-0.15, -0.1) is 0 Å². The Kier molecular flexibility index (Phi) is 3.84. The smallest absolute Gasteiger partial charge is 0.407 e. The van der Waals surface area contributed by atoms with E-state index in [0.29, 0.717) is 6.42 Å². The number of carboxylic acid groups (broad SMARTS) is 1. The number of hydrogen-bond acceptors (Lipinski definition) is 4. The average molecular weight is 307 g/mol. The molecule has 1 heterocycles. The van der Waals surface area contributed by atoms with Crippen molar-refractivity contribution in [3.8, 4) is 0 Å². The molecule has 0 bridgehead atoms. The Bertz CT molecular complexity index is 547. The van der Waals surface area contributed by atoms with Crippen LogP contribution < -0.4 is 0 Å². The molecule has 2 N–H and O–H groups in total. The molecule has 3 rings (SSSR count). The maximum absolute atomic E-state index is 11.7. The summed E-state index contributed by atoms with van der Waals surface area (Å²) in [6.07, 6.45) is -2.32. The van der Waals surface area contributed by atoms with Gasteiger partial charge in [0.1, 0.15) is 12.2 Å². The van der Waals surface area contributed by atoms with E-state index in [-0.39, 0.29) is 6.54 Å². The Morgan fingerprint density at radius 3 is 2.55 bits per heavy atom. The second-order valence-corrected chi connectivity index (χ2v) is 6.33. The van der Waals surface area contributed by atoms with Crippen LogP contribution in [0.25, 0.3) is 0 Å². The van der Waals surface area contributed by atoms with Crippen molar-refractivity contribution < 1.29 is 24.5 Å². The van der Waals surface area contributed by atoms with Gasteiger partial charge in [-0.05, 0) is 25.8 Å². The molecule has 120 valence electrons. The third-order valence-electron chi connectivity index (χ3n) is 4.25. The van der Waals surface area contributed by atoms with Crippen LogP contribution in [0.4, 0.5) is 4.79 Å². The van der Waals surface area contributed by atoms with E-state index in [2.05, 4.69) is 0 Å². The molecule has 1 amide bonds. The van der Waals surface area contributed by atoms with Crippen LogP contribution in [0.1, 0.15) is 25.8 Å². The summed E-state index contributed by atoms with van der Waals surface area (Å²) in [5.41, 5.74) is 0.904. The molecule has 1 aromatic carbocycles.